The Kier molecular flexibility index (Phi) is 5.61. The first-order valence-electron chi connectivity index (χ1n) is 7.12. The van der Waals surface area contributed by atoms with E-state index in [4.69, 9.17) is 5.73 Å². The topological polar surface area (TPSA) is 90.4 Å². The Hall–Kier alpha value is -2.78. The Morgan fingerprint density at radius 1 is 1.33 bits per heavy atom. The molecule has 1 aromatic carbocycles. The Balaban J connectivity index is 1.85. The van der Waals surface area contributed by atoms with Gasteiger partial charge in [0.25, 0.3) is 0 Å². The summed E-state index contributed by atoms with van der Waals surface area (Å²) in [4.78, 5) is 4.12. The van der Waals surface area contributed by atoms with E-state index in [0.717, 1.165) is 12.4 Å². The van der Waals surface area contributed by atoms with Crippen LogP contribution in [0.25, 0.3) is 0 Å². The number of nitrogens with zero attached hydrogens (tertiary/aromatic N) is 4. The Bertz CT molecular complexity index is 681. The quantitative estimate of drug-likeness (QED) is 0.617. The summed E-state index contributed by atoms with van der Waals surface area (Å²) in [5, 5.41) is 10.7. The molecule has 0 aliphatic carbocycles. The molecule has 130 valence electrons. The Morgan fingerprint density at radius 3 is 2.67 bits per heavy atom. The predicted octanol–water partition coefficient (Wildman–Crippen LogP) is 1.80. The van der Waals surface area contributed by atoms with Gasteiger partial charge in [-0.05, 0) is 24.6 Å². The van der Waals surface area contributed by atoms with Crippen molar-refractivity contribution in [2.24, 2.45) is 10.7 Å². The average molecular weight is 342 g/mol. The number of hydrogen-bond donors (Lipinski definition) is 2. The smallest absolute Gasteiger partial charge is 0.406 e. The van der Waals surface area contributed by atoms with E-state index in [0.29, 0.717) is 12.1 Å². The van der Waals surface area contributed by atoms with Gasteiger partial charge in [0.2, 0.25) is 0 Å². The van der Waals surface area contributed by atoms with Crippen molar-refractivity contribution in [3.8, 4) is 5.75 Å². The number of aromatic nitrogens is 3. The second-order valence-corrected chi connectivity index (χ2v) is 4.78. The number of benzene rings is 1. The molecule has 0 unspecified atom stereocenters. The largest absolute Gasteiger partial charge is 0.573 e. The van der Waals surface area contributed by atoms with Gasteiger partial charge in [-0.3, -0.25) is 0 Å². The van der Waals surface area contributed by atoms with Crippen LogP contribution >= 0.6 is 0 Å². The number of rotatable bonds is 6. The fraction of sp³-hybridized carbons (Fsp3) is 0.357. The van der Waals surface area contributed by atoms with Gasteiger partial charge in [0, 0.05) is 6.54 Å². The predicted molar refractivity (Wildman–Crippen MR) is 81.0 cm³/mol. The van der Waals surface area contributed by atoms with E-state index in [1.807, 2.05) is 11.5 Å². The van der Waals surface area contributed by atoms with E-state index in [1.54, 1.807) is 6.33 Å². The molecule has 7 nitrogen and oxygen atoms in total. The van der Waals surface area contributed by atoms with Crippen molar-refractivity contribution in [3.05, 3.63) is 42.0 Å². The van der Waals surface area contributed by atoms with Crippen LogP contribution in [0.2, 0.25) is 0 Å². The highest BCUT2D eigenvalue weighted by molar-refractivity contribution is 5.77. The summed E-state index contributed by atoms with van der Waals surface area (Å²) in [6.07, 6.45) is -3.08. The highest BCUT2D eigenvalue weighted by Gasteiger charge is 2.30. The Morgan fingerprint density at radius 2 is 2.04 bits per heavy atom. The summed E-state index contributed by atoms with van der Waals surface area (Å²) in [5.41, 5.74) is 6.45. The zero-order valence-electron chi connectivity index (χ0n) is 12.9. The molecule has 1 aromatic heterocycles. The van der Waals surface area contributed by atoms with Gasteiger partial charge in [-0.15, -0.1) is 23.4 Å². The van der Waals surface area contributed by atoms with Crippen LogP contribution in [-0.4, -0.2) is 27.1 Å². The summed E-state index contributed by atoms with van der Waals surface area (Å²) >= 11 is 0. The lowest BCUT2D eigenvalue weighted by Gasteiger charge is -2.09. The van der Waals surface area contributed by atoms with Gasteiger partial charge < -0.3 is 20.4 Å². The van der Waals surface area contributed by atoms with E-state index in [-0.39, 0.29) is 18.3 Å². The minimum absolute atomic E-state index is 0.205. The van der Waals surface area contributed by atoms with Crippen molar-refractivity contribution in [2.45, 2.75) is 32.9 Å². The lowest BCUT2D eigenvalue weighted by molar-refractivity contribution is -0.274. The number of nitrogens with one attached hydrogen (secondary N) is 1. The maximum Gasteiger partial charge on any atom is 0.573 e. The minimum atomic E-state index is -4.70. The van der Waals surface area contributed by atoms with Gasteiger partial charge in [-0.25, -0.2) is 4.99 Å². The van der Waals surface area contributed by atoms with Crippen LogP contribution in [0.5, 0.6) is 5.75 Å². The maximum atomic E-state index is 12.1. The van der Waals surface area contributed by atoms with Gasteiger partial charge in [-0.1, -0.05) is 12.1 Å². The van der Waals surface area contributed by atoms with Crippen LogP contribution in [0.15, 0.2) is 35.6 Å². The highest BCUT2D eigenvalue weighted by atomic mass is 19.4. The van der Waals surface area contributed by atoms with Crippen molar-refractivity contribution in [2.75, 3.05) is 0 Å². The van der Waals surface area contributed by atoms with E-state index in [1.165, 1.54) is 24.3 Å². The first-order valence-corrected chi connectivity index (χ1v) is 7.12. The SMILES string of the molecule is CCn1cnnc1CNC(N)=NCc1ccc(OC(F)(F)F)cc1. The van der Waals surface area contributed by atoms with E-state index in [9.17, 15) is 13.2 Å². The highest BCUT2D eigenvalue weighted by Crippen LogP contribution is 2.22. The van der Waals surface area contributed by atoms with Gasteiger partial charge in [0.15, 0.2) is 11.8 Å². The number of aryl methyl sites for hydroxylation is 1. The molecule has 2 rings (SSSR count). The molecule has 0 atom stereocenters. The minimum Gasteiger partial charge on any atom is -0.406 e. The third-order valence-corrected chi connectivity index (χ3v) is 3.05. The van der Waals surface area contributed by atoms with Gasteiger partial charge in [0.1, 0.15) is 12.1 Å². The molecule has 3 N–H and O–H groups in total. The Labute approximate surface area is 136 Å². The maximum absolute atomic E-state index is 12.1. The van der Waals surface area contributed by atoms with Crippen molar-refractivity contribution in [1.29, 1.82) is 0 Å². The number of guanidine groups is 1. The molecule has 24 heavy (non-hydrogen) atoms. The molecule has 0 saturated heterocycles. The van der Waals surface area contributed by atoms with Crippen LogP contribution < -0.4 is 15.8 Å². The van der Waals surface area contributed by atoms with Crippen molar-refractivity contribution in [3.63, 3.8) is 0 Å². The third kappa shape index (κ3) is 5.45. The molecule has 0 aliphatic rings. The van der Waals surface area contributed by atoms with Crippen molar-refractivity contribution in [1.82, 2.24) is 20.1 Å². The first-order chi connectivity index (χ1) is 11.4. The first kappa shape index (κ1) is 17.6. The molecule has 0 fully saturated rings. The molecule has 10 heteroatoms. The zero-order valence-corrected chi connectivity index (χ0v) is 12.9. The molecule has 0 amide bonds. The molecule has 0 bridgehead atoms. The van der Waals surface area contributed by atoms with Crippen molar-refractivity contribution < 1.29 is 17.9 Å². The third-order valence-electron chi connectivity index (χ3n) is 3.05. The molecule has 0 radical (unpaired) electrons. The molecular formula is C14H17F3N6O. The van der Waals surface area contributed by atoms with Crippen LogP contribution in [0, 0.1) is 0 Å². The van der Waals surface area contributed by atoms with Crippen LogP contribution in [0.1, 0.15) is 18.3 Å². The molecule has 1 heterocycles. The lowest BCUT2D eigenvalue weighted by atomic mass is 10.2. The summed E-state index contributed by atoms with van der Waals surface area (Å²) in [5.74, 6) is 0.654. The molecule has 2 aromatic rings. The molecule has 0 aliphatic heterocycles. The summed E-state index contributed by atoms with van der Waals surface area (Å²) < 4.78 is 41.9. The summed E-state index contributed by atoms with van der Waals surface area (Å²) in [7, 11) is 0. The average Bonchev–Trinajstić information content (AvgIpc) is 2.98. The number of ether oxygens (including phenoxy) is 1. The van der Waals surface area contributed by atoms with E-state index >= 15 is 0 Å². The van der Waals surface area contributed by atoms with Crippen LogP contribution in [-0.2, 0) is 19.6 Å². The summed E-state index contributed by atoms with van der Waals surface area (Å²) in [6.45, 7) is 3.32. The number of nitrogens with two attached hydrogens (primary N) is 1. The number of alkyl halides is 3. The van der Waals surface area contributed by atoms with Gasteiger partial charge in [0.05, 0.1) is 13.1 Å². The fourth-order valence-corrected chi connectivity index (χ4v) is 1.88. The van der Waals surface area contributed by atoms with Crippen LogP contribution in [0.3, 0.4) is 0 Å². The van der Waals surface area contributed by atoms with Crippen LogP contribution in [0.4, 0.5) is 13.2 Å². The zero-order chi connectivity index (χ0) is 17.6. The molecule has 0 saturated carbocycles. The second kappa shape index (κ2) is 7.66. The van der Waals surface area contributed by atoms with E-state index < -0.39 is 6.36 Å². The number of hydrogen-bond acceptors (Lipinski definition) is 4. The van der Waals surface area contributed by atoms with Crippen molar-refractivity contribution >= 4 is 5.96 Å². The normalized spacial score (nSPS) is 12.2. The molecule has 0 spiro atoms. The van der Waals surface area contributed by atoms with Gasteiger partial charge in [-0.2, -0.15) is 0 Å². The number of halogens is 3. The van der Waals surface area contributed by atoms with E-state index in [2.05, 4.69) is 25.2 Å². The lowest BCUT2D eigenvalue weighted by Crippen LogP contribution is -2.32. The summed E-state index contributed by atoms with van der Waals surface area (Å²) in [6, 6.07) is 5.44. The fourth-order valence-electron chi connectivity index (χ4n) is 1.88. The van der Waals surface area contributed by atoms with Gasteiger partial charge >= 0.3 is 6.36 Å². The molecular weight excluding hydrogens is 325 g/mol. The monoisotopic (exact) mass is 342 g/mol. The second-order valence-electron chi connectivity index (χ2n) is 4.78. The standard InChI is InChI=1S/C14H17F3N6O/c1-2-23-9-21-22-12(23)8-20-13(18)19-7-10-3-5-11(6-4-10)24-14(15,16)17/h3-6,9H,2,7-8H2,1H3,(H3,18,19,20). The number of aliphatic imine (C=N–C) groups is 1.